The molecule has 0 atom stereocenters. The smallest absolute Gasteiger partial charge is 0.220 e. The molecule has 0 aromatic heterocycles. The lowest BCUT2D eigenvalue weighted by molar-refractivity contribution is -0.121. The van der Waals surface area contributed by atoms with Crippen LogP contribution < -0.4 is 19.5 Å². The number of ether oxygens (including phenoxy) is 3. The maximum atomic E-state index is 11.7. The molecule has 0 aliphatic carbocycles. The van der Waals surface area contributed by atoms with Crippen molar-refractivity contribution in [3.05, 3.63) is 53.0 Å². The van der Waals surface area contributed by atoms with Crippen molar-refractivity contribution in [1.29, 1.82) is 0 Å². The molecule has 5 nitrogen and oxygen atoms in total. The Balaban J connectivity index is 1.52. The average Bonchev–Trinajstić information content (AvgIpc) is 2.64. The van der Waals surface area contributed by atoms with Crippen LogP contribution in [0.1, 0.15) is 12.8 Å². The van der Waals surface area contributed by atoms with Crippen LogP contribution in [0.5, 0.6) is 17.2 Å². The molecule has 0 spiro atoms. The summed E-state index contributed by atoms with van der Waals surface area (Å²) in [7, 11) is 1.62. The van der Waals surface area contributed by atoms with Crippen molar-refractivity contribution < 1.29 is 19.0 Å². The predicted octanol–water partition coefficient (Wildman–Crippen LogP) is 3.81. The van der Waals surface area contributed by atoms with E-state index < -0.39 is 0 Å². The van der Waals surface area contributed by atoms with Gasteiger partial charge in [-0.05, 0) is 55.0 Å². The summed E-state index contributed by atoms with van der Waals surface area (Å²) in [5.74, 6) is 2.33. The largest absolute Gasteiger partial charge is 0.497 e. The summed E-state index contributed by atoms with van der Waals surface area (Å²) in [6, 6.07) is 15.0. The van der Waals surface area contributed by atoms with E-state index in [0.29, 0.717) is 32.6 Å². The van der Waals surface area contributed by atoms with Gasteiger partial charge in [0.25, 0.3) is 0 Å². The van der Waals surface area contributed by atoms with Crippen molar-refractivity contribution in [2.75, 3.05) is 26.9 Å². The lowest BCUT2D eigenvalue weighted by atomic mass is 10.3. The number of hydrogen-bond donors (Lipinski definition) is 1. The van der Waals surface area contributed by atoms with Crippen molar-refractivity contribution in [1.82, 2.24) is 5.32 Å². The summed E-state index contributed by atoms with van der Waals surface area (Å²) < 4.78 is 17.2. The molecule has 1 N–H and O–H groups in total. The van der Waals surface area contributed by atoms with Crippen LogP contribution in [0.25, 0.3) is 0 Å². The number of methoxy groups -OCH3 is 1. The highest BCUT2D eigenvalue weighted by molar-refractivity contribution is 9.10. The van der Waals surface area contributed by atoms with E-state index in [1.54, 1.807) is 7.11 Å². The molecule has 0 heterocycles. The molecule has 25 heavy (non-hydrogen) atoms. The topological polar surface area (TPSA) is 56.8 Å². The van der Waals surface area contributed by atoms with E-state index in [1.165, 1.54) is 0 Å². The van der Waals surface area contributed by atoms with E-state index >= 15 is 0 Å². The first-order valence-corrected chi connectivity index (χ1v) is 8.88. The summed E-state index contributed by atoms with van der Waals surface area (Å²) in [6.07, 6.45) is 1.10. The summed E-state index contributed by atoms with van der Waals surface area (Å²) >= 11 is 3.37. The zero-order valence-electron chi connectivity index (χ0n) is 14.2. The van der Waals surface area contributed by atoms with Gasteiger partial charge in [0, 0.05) is 10.9 Å². The lowest BCUT2D eigenvalue weighted by Gasteiger charge is -2.09. The highest BCUT2D eigenvalue weighted by atomic mass is 79.9. The zero-order valence-corrected chi connectivity index (χ0v) is 15.8. The number of nitrogens with one attached hydrogen (secondary N) is 1. The lowest BCUT2D eigenvalue weighted by Crippen LogP contribution is -2.28. The molecule has 6 heteroatoms. The van der Waals surface area contributed by atoms with Gasteiger partial charge in [-0.15, -0.1) is 0 Å². The molecule has 1 amide bonds. The minimum atomic E-state index is -0.00210. The summed E-state index contributed by atoms with van der Waals surface area (Å²) in [5, 5.41) is 2.83. The van der Waals surface area contributed by atoms with Crippen LogP contribution in [0.2, 0.25) is 0 Å². The number of hydrogen-bond acceptors (Lipinski definition) is 4. The summed E-state index contributed by atoms with van der Waals surface area (Å²) in [6.45, 7) is 1.41. The van der Waals surface area contributed by atoms with Gasteiger partial charge >= 0.3 is 0 Å². The SMILES string of the molecule is COc1ccc(OCCNC(=O)CCCOc2ccc(Br)cc2)cc1. The quantitative estimate of drug-likeness (QED) is 0.608. The van der Waals surface area contributed by atoms with Crippen molar-refractivity contribution in [3.63, 3.8) is 0 Å². The fraction of sp³-hybridized carbons (Fsp3) is 0.316. The van der Waals surface area contributed by atoms with Crippen LogP contribution in [0.4, 0.5) is 0 Å². The van der Waals surface area contributed by atoms with Gasteiger partial charge in [-0.3, -0.25) is 4.79 Å². The molecule has 0 aliphatic rings. The van der Waals surface area contributed by atoms with Crippen molar-refractivity contribution in [3.8, 4) is 17.2 Å². The van der Waals surface area contributed by atoms with E-state index in [2.05, 4.69) is 21.2 Å². The number of benzene rings is 2. The van der Waals surface area contributed by atoms with E-state index in [-0.39, 0.29) is 5.91 Å². The number of rotatable bonds is 10. The van der Waals surface area contributed by atoms with Crippen molar-refractivity contribution in [2.45, 2.75) is 12.8 Å². The third-order valence-corrected chi connectivity index (χ3v) is 3.91. The molecule has 2 aromatic rings. The predicted molar refractivity (Wildman–Crippen MR) is 100 cm³/mol. The normalized spacial score (nSPS) is 10.2. The van der Waals surface area contributed by atoms with E-state index in [0.717, 1.165) is 21.7 Å². The van der Waals surface area contributed by atoms with Crippen LogP contribution >= 0.6 is 15.9 Å². The maximum Gasteiger partial charge on any atom is 0.220 e. The maximum absolute atomic E-state index is 11.7. The number of carbonyl (C=O) groups is 1. The van der Waals surface area contributed by atoms with Gasteiger partial charge in [0.2, 0.25) is 5.91 Å². The van der Waals surface area contributed by atoms with E-state index in [4.69, 9.17) is 14.2 Å². The Morgan fingerprint density at radius 3 is 2.12 bits per heavy atom. The molecule has 0 saturated carbocycles. The first-order chi connectivity index (χ1) is 12.2. The highest BCUT2D eigenvalue weighted by Crippen LogP contribution is 2.17. The van der Waals surface area contributed by atoms with E-state index in [9.17, 15) is 4.79 Å². The van der Waals surface area contributed by atoms with Crippen LogP contribution in [0.15, 0.2) is 53.0 Å². The molecule has 0 saturated heterocycles. The molecular weight excluding hydrogens is 386 g/mol. The molecule has 0 unspecified atom stereocenters. The highest BCUT2D eigenvalue weighted by Gasteiger charge is 2.02. The molecule has 0 fully saturated rings. The molecule has 2 aromatic carbocycles. The second kappa shape index (κ2) is 10.6. The van der Waals surface area contributed by atoms with Gasteiger partial charge < -0.3 is 19.5 Å². The standard InChI is InChI=1S/C19H22BrNO4/c1-23-16-8-10-18(11-9-16)25-14-12-21-19(22)3-2-13-24-17-6-4-15(20)5-7-17/h4-11H,2-3,12-14H2,1H3,(H,21,22). The average molecular weight is 408 g/mol. The number of carbonyl (C=O) groups excluding carboxylic acids is 1. The van der Waals surface area contributed by atoms with Gasteiger partial charge in [-0.25, -0.2) is 0 Å². The Hall–Kier alpha value is -2.21. The van der Waals surface area contributed by atoms with Gasteiger partial charge in [0.15, 0.2) is 0 Å². The second-order valence-corrected chi connectivity index (χ2v) is 6.20. The number of halogens is 1. The fourth-order valence-electron chi connectivity index (χ4n) is 2.07. The van der Waals surface area contributed by atoms with Crippen molar-refractivity contribution >= 4 is 21.8 Å². The molecular formula is C19H22BrNO4. The van der Waals surface area contributed by atoms with Crippen LogP contribution in [-0.4, -0.2) is 32.8 Å². The Kier molecular flexibility index (Phi) is 8.12. The minimum Gasteiger partial charge on any atom is -0.497 e. The van der Waals surface area contributed by atoms with Crippen LogP contribution in [-0.2, 0) is 4.79 Å². The van der Waals surface area contributed by atoms with Gasteiger partial charge in [-0.1, -0.05) is 15.9 Å². The molecule has 134 valence electrons. The third kappa shape index (κ3) is 7.47. The Labute approximate surface area is 156 Å². The fourth-order valence-corrected chi connectivity index (χ4v) is 2.34. The van der Waals surface area contributed by atoms with Crippen LogP contribution in [0.3, 0.4) is 0 Å². The molecule has 0 bridgehead atoms. The molecule has 0 radical (unpaired) electrons. The van der Waals surface area contributed by atoms with Crippen LogP contribution in [0, 0.1) is 0 Å². The van der Waals surface area contributed by atoms with Gasteiger partial charge in [-0.2, -0.15) is 0 Å². The van der Waals surface area contributed by atoms with Gasteiger partial charge in [0.1, 0.15) is 23.9 Å². The first-order valence-electron chi connectivity index (χ1n) is 8.09. The summed E-state index contributed by atoms with van der Waals surface area (Å²) in [4.78, 5) is 11.7. The Bertz CT molecular complexity index is 643. The molecule has 2 rings (SSSR count). The van der Waals surface area contributed by atoms with E-state index in [1.807, 2.05) is 48.5 Å². The summed E-state index contributed by atoms with van der Waals surface area (Å²) in [5.41, 5.74) is 0. The van der Waals surface area contributed by atoms with Crippen molar-refractivity contribution in [2.24, 2.45) is 0 Å². The zero-order chi connectivity index (χ0) is 17.9. The first kappa shape index (κ1) is 19.1. The second-order valence-electron chi connectivity index (χ2n) is 5.28. The third-order valence-electron chi connectivity index (χ3n) is 3.38. The number of amides is 1. The monoisotopic (exact) mass is 407 g/mol. The van der Waals surface area contributed by atoms with Gasteiger partial charge in [0.05, 0.1) is 20.3 Å². The molecule has 0 aliphatic heterocycles. The Morgan fingerprint density at radius 1 is 0.920 bits per heavy atom. The Morgan fingerprint density at radius 2 is 1.48 bits per heavy atom. The minimum absolute atomic E-state index is 0.00210.